The maximum atomic E-state index is 4.50. The standard InChI is InChI=1S/C16H28N4/c1-5-8-20-12-15(14(2)18-20)11-17-16(3,4)13-19-9-6-7-10-19/h5,12,17H,1,6-11,13H2,2-4H3. The molecule has 4 nitrogen and oxygen atoms in total. The lowest BCUT2D eigenvalue weighted by molar-refractivity contribution is 0.234. The largest absolute Gasteiger partial charge is 0.306 e. The van der Waals surface area contributed by atoms with Crippen LogP contribution >= 0.6 is 0 Å². The van der Waals surface area contributed by atoms with Gasteiger partial charge in [0.15, 0.2) is 0 Å². The lowest BCUT2D eigenvalue weighted by atomic mass is 10.0. The molecular weight excluding hydrogens is 248 g/mol. The molecule has 4 heteroatoms. The van der Waals surface area contributed by atoms with Crippen LogP contribution in [0.3, 0.4) is 0 Å². The van der Waals surface area contributed by atoms with Crippen molar-refractivity contribution in [3.63, 3.8) is 0 Å². The average Bonchev–Trinajstić information content (AvgIpc) is 2.97. The molecule has 1 aliphatic heterocycles. The number of hydrogen-bond donors (Lipinski definition) is 1. The highest BCUT2D eigenvalue weighted by molar-refractivity contribution is 5.15. The summed E-state index contributed by atoms with van der Waals surface area (Å²) in [6.07, 6.45) is 6.70. The molecule has 2 rings (SSSR count). The molecule has 0 radical (unpaired) electrons. The highest BCUT2D eigenvalue weighted by Gasteiger charge is 2.23. The van der Waals surface area contributed by atoms with Gasteiger partial charge in [0, 0.05) is 30.4 Å². The summed E-state index contributed by atoms with van der Waals surface area (Å²) in [6, 6.07) is 0. The highest BCUT2D eigenvalue weighted by Crippen LogP contribution is 2.14. The maximum absolute atomic E-state index is 4.50. The van der Waals surface area contributed by atoms with Crippen LogP contribution in [0.2, 0.25) is 0 Å². The van der Waals surface area contributed by atoms with E-state index in [4.69, 9.17) is 0 Å². The Labute approximate surface area is 122 Å². The molecule has 0 amide bonds. The summed E-state index contributed by atoms with van der Waals surface area (Å²) < 4.78 is 1.95. The van der Waals surface area contributed by atoms with E-state index in [1.54, 1.807) is 0 Å². The van der Waals surface area contributed by atoms with Crippen LogP contribution in [0.15, 0.2) is 18.9 Å². The Morgan fingerprint density at radius 1 is 1.40 bits per heavy atom. The van der Waals surface area contributed by atoms with Crippen molar-refractivity contribution in [1.82, 2.24) is 20.0 Å². The van der Waals surface area contributed by atoms with Gasteiger partial charge in [-0.1, -0.05) is 6.08 Å². The van der Waals surface area contributed by atoms with Crippen LogP contribution < -0.4 is 5.32 Å². The molecule has 1 N–H and O–H groups in total. The number of aryl methyl sites for hydroxylation is 1. The second-order valence-electron chi connectivity index (χ2n) is 6.47. The second kappa shape index (κ2) is 6.55. The predicted octanol–water partition coefficient (Wildman–Crippen LogP) is 2.34. The summed E-state index contributed by atoms with van der Waals surface area (Å²) in [7, 11) is 0. The quantitative estimate of drug-likeness (QED) is 0.776. The molecule has 1 saturated heterocycles. The minimum Gasteiger partial charge on any atom is -0.306 e. The van der Waals surface area contributed by atoms with Gasteiger partial charge < -0.3 is 10.2 Å². The van der Waals surface area contributed by atoms with Crippen LogP contribution in [0.4, 0.5) is 0 Å². The predicted molar refractivity (Wildman–Crippen MR) is 83.8 cm³/mol. The van der Waals surface area contributed by atoms with Crippen molar-refractivity contribution in [2.75, 3.05) is 19.6 Å². The minimum absolute atomic E-state index is 0.136. The van der Waals surface area contributed by atoms with Crippen molar-refractivity contribution < 1.29 is 0 Å². The third-order valence-corrected chi connectivity index (χ3v) is 3.94. The number of nitrogens with one attached hydrogen (secondary N) is 1. The smallest absolute Gasteiger partial charge is 0.0638 e. The third-order valence-electron chi connectivity index (χ3n) is 3.94. The summed E-state index contributed by atoms with van der Waals surface area (Å²) in [5, 5.41) is 8.18. The van der Waals surface area contributed by atoms with Crippen molar-refractivity contribution in [3.8, 4) is 0 Å². The van der Waals surface area contributed by atoms with Gasteiger partial charge in [0.2, 0.25) is 0 Å². The Kier molecular flexibility index (Phi) is 5.00. The summed E-state index contributed by atoms with van der Waals surface area (Å²) in [6.45, 7) is 15.7. The van der Waals surface area contributed by atoms with Crippen molar-refractivity contribution in [2.45, 2.75) is 52.2 Å². The van der Waals surface area contributed by atoms with E-state index < -0.39 is 0 Å². The average molecular weight is 276 g/mol. The first kappa shape index (κ1) is 15.3. The van der Waals surface area contributed by atoms with E-state index in [9.17, 15) is 0 Å². The van der Waals surface area contributed by atoms with E-state index in [0.29, 0.717) is 0 Å². The molecule has 1 aromatic heterocycles. The second-order valence-corrected chi connectivity index (χ2v) is 6.47. The number of aromatic nitrogens is 2. The summed E-state index contributed by atoms with van der Waals surface area (Å²) >= 11 is 0. The van der Waals surface area contributed by atoms with Gasteiger partial charge in [0.25, 0.3) is 0 Å². The molecule has 0 spiro atoms. The molecule has 1 aliphatic rings. The lowest BCUT2D eigenvalue weighted by Gasteiger charge is -2.31. The molecule has 20 heavy (non-hydrogen) atoms. The van der Waals surface area contributed by atoms with Crippen LogP contribution in [0.1, 0.15) is 37.9 Å². The summed E-state index contributed by atoms with van der Waals surface area (Å²) in [5.41, 5.74) is 2.52. The highest BCUT2D eigenvalue weighted by atomic mass is 15.3. The lowest BCUT2D eigenvalue weighted by Crippen LogP contribution is -2.48. The molecule has 0 saturated carbocycles. The summed E-state index contributed by atoms with van der Waals surface area (Å²) in [5.74, 6) is 0. The number of likely N-dealkylation sites (tertiary alicyclic amines) is 1. The zero-order valence-corrected chi connectivity index (χ0v) is 13.2. The Balaban J connectivity index is 1.87. The van der Waals surface area contributed by atoms with Gasteiger partial charge in [0.1, 0.15) is 0 Å². The van der Waals surface area contributed by atoms with Crippen molar-refractivity contribution in [3.05, 3.63) is 30.1 Å². The van der Waals surface area contributed by atoms with E-state index in [-0.39, 0.29) is 5.54 Å². The molecular formula is C16H28N4. The first-order valence-corrected chi connectivity index (χ1v) is 7.61. The Morgan fingerprint density at radius 3 is 2.75 bits per heavy atom. The molecule has 0 unspecified atom stereocenters. The monoisotopic (exact) mass is 276 g/mol. The van der Waals surface area contributed by atoms with E-state index in [2.05, 4.69) is 48.9 Å². The number of allylic oxidation sites excluding steroid dienone is 1. The normalized spacial score (nSPS) is 16.8. The van der Waals surface area contributed by atoms with Gasteiger partial charge in [0.05, 0.1) is 12.2 Å². The molecule has 112 valence electrons. The van der Waals surface area contributed by atoms with Gasteiger partial charge in [-0.3, -0.25) is 4.68 Å². The topological polar surface area (TPSA) is 33.1 Å². The zero-order chi connectivity index (χ0) is 14.6. The van der Waals surface area contributed by atoms with Crippen LogP contribution in [0, 0.1) is 6.92 Å². The Morgan fingerprint density at radius 2 is 2.10 bits per heavy atom. The molecule has 1 aromatic rings. The Bertz CT molecular complexity index is 441. The fourth-order valence-corrected chi connectivity index (χ4v) is 2.85. The van der Waals surface area contributed by atoms with Gasteiger partial charge in [-0.2, -0.15) is 5.10 Å². The molecule has 0 aromatic carbocycles. The fourth-order valence-electron chi connectivity index (χ4n) is 2.85. The molecule has 0 bridgehead atoms. The van der Waals surface area contributed by atoms with Gasteiger partial charge in [-0.25, -0.2) is 0 Å². The molecule has 1 fully saturated rings. The SMILES string of the molecule is C=CCn1cc(CNC(C)(C)CN2CCCC2)c(C)n1. The minimum atomic E-state index is 0.136. The van der Waals surface area contributed by atoms with Crippen LogP contribution in [0.5, 0.6) is 0 Å². The van der Waals surface area contributed by atoms with Gasteiger partial charge in [-0.15, -0.1) is 6.58 Å². The first-order chi connectivity index (χ1) is 9.50. The summed E-state index contributed by atoms with van der Waals surface area (Å²) in [4.78, 5) is 2.56. The first-order valence-electron chi connectivity index (χ1n) is 7.61. The maximum Gasteiger partial charge on any atom is 0.0638 e. The van der Waals surface area contributed by atoms with Gasteiger partial charge >= 0.3 is 0 Å². The number of hydrogen-bond acceptors (Lipinski definition) is 3. The van der Waals surface area contributed by atoms with E-state index >= 15 is 0 Å². The van der Waals surface area contributed by atoms with E-state index in [0.717, 1.165) is 25.3 Å². The van der Waals surface area contributed by atoms with Crippen molar-refractivity contribution >= 4 is 0 Å². The van der Waals surface area contributed by atoms with E-state index in [1.165, 1.54) is 31.5 Å². The fraction of sp³-hybridized carbons (Fsp3) is 0.688. The Hall–Kier alpha value is -1.13. The third kappa shape index (κ3) is 4.18. The number of nitrogens with zero attached hydrogens (tertiary/aromatic N) is 3. The van der Waals surface area contributed by atoms with Crippen molar-refractivity contribution in [2.24, 2.45) is 0 Å². The number of rotatable bonds is 7. The van der Waals surface area contributed by atoms with Crippen LogP contribution in [0.25, 0.3) is 0 Å². The van der Waals surface area contributed by atoms with E-state index in [1.807, 2.05) is 10.8 Å². The molecule has 0 atom stereocenters. The van der Waals surface area contributed by atoms with Crippen molar-refractivity contribution in [1.29, 1.82) is 0 Å². The van der Waals surface area contributed by atoms with Gasteiger partial charge in [-0.05, 0) is 46.7 Å². The molecule has 0 aliphatic carbocycles. The zero-order valence-electron chi connectivity index (χ0n) is 13.2. The molecule has 2 heterocycles. The van der Waals surface area contributed by atoms with Crippen LogP contribution in [-0.4, -0.2) is 39.9 Å². The van der Waals surface area contributed by atoms with Crippen LogP contribution in [-0.2, 0) is 13.1 Å².